The lowest BCUT2D eigenvalue weighted by Gasteiger charge is -2.34. The summed E-state index contributed by atoms with van der Waals surface area (Å²) >= 11 is 1.59. The Morgan fingerprint density at radius 1 is 1.17 bits per heavy atom. The lowest BCUT2D eigenvalue weighted by atomic mass is 9.80. The molecule has 5 rings (SSSR count). The number of halogens is 2. The lowest BCUT2D eigenvalue weighted by Crippen LogP contribution is -2.39. The number of aromatic nitrogens is 5. The second-order valence-corrected chi connectivity index (χ2v) is 9.39. The van der Waals surface area contributed by atoms with Crippen molar-refractivity contribution >= 4 is 22.4 Å². The summed E-state index contributed by atoms with van der Waals surface area (Å²) in [5, 5.41) is 17.7. The van der Waals surface area contributed by atoms with Crippen LogP contribution >= 0.6 is 11.3 Å². The monoisotopic (exact) mass is 491 g/mol. The number of benzene rings is 2. The van der Waals surface area contributed by atoms with Gasteiger partial charge < -0.3 is 5.11 Å². The Morgan fingerprint density at radius 3 is 2.71 bits per heavy atom. The predicted molar refractivity (Wildman–Crippen MR) is 132 cm³/mol. The van der Waals surface area contributed by atoms with Crippen molar-refractivity contribution in [2.24, 2.45) is 5.92 Å². The number of fused-ring (bicyclic) bond motifs is 1. The molecular weight excluding hydrogens is 468 g/mol. The van der Waals surface area contributed by atoms with Gasteiger partial charge in [-0.05, 0) is 24.0 Å². The zero-order valence-corrected chi connectivity index (χ0v) is 19.7. The molecule has 0 saturated carbocycles. The maximum absolute atomic E-state index is 14.7. The van der Waals surface area contributed by atoms with Gasteiger partial charge in [0.15, 0.2) is 4.96 Å². The predicted octanol–water partition coefficient (Wildman–Crippen LogP) is 5.56. The molecule has 6 nitrogen and oxygen atoms in total. The molecule has 2 atom stereocenters. The molecule has 0 spiro atoms. The van der Waals surface area contributed by atoms with Crippen LogP contribution in [0, 0.1) is 17.6 Å². The van der Waals surface area contributed by atoms with Crippen LogP contribution in [-0.2, 0) is 12.1 Å². The summed E-state index contributed by atoms with van der Waals surface area (Å²) < 4.78 is 31.6. The lowest BCUT2D eigenvalue weighted by molar-refractivity contribution is -0.0379. The van der Waals surface area contributed by atoms with E-state index >= 15 is 0 Å². The highest BCUT2D eigenvalue weighted by Gasteiger charge is 2.38. The topological polar surface area (TPSA) is 68.2 Å². The molecule has 0 radical (unpaired) electrons. The van der Waals surface area contributed by atoms with Gasteiger partial charge in [-0.3, -0.25) is 4.40 Å². The normalized spacial score (nSPS) is 14.5. The van der Waals surface area contributed by atoms with Gasteiger partial charge in [0.1, 0.15) is 29.9 Å². The quantitative estimate of drug-likeness (QED) is 0.309. The van der Waals surface area contributed by atoms with E-state index in [9.17, 15) is 13.9 Å². The number of allylic oxidation sites excluding steroid dienone is 1. The van der Waals surface area contributed by atoms with Gasteiger partial charge in [0.05, 0.1) is 12.2 Å². The number of hydrogen-bond donors (Lipinski definition) is 1. The van der Waals surface area contributed by atoms with Gasteiger partial charge in [-0.15, -0.1) is 11.3 Å². The van der Waals surface area contributed by atoms with Crippen LogP contribution in [0.15, 0.2) is 79.0 Å². The highest BCUT2D eigenvalue weighted by atomic mass is 32.1. The van der Waals surface area contributed by atoms with E-state index in [4.69, 9.17) is 0 Å². The molecule has 2 aromatic carbocycles. The minimum atomic E-state index is -1.62. The van der Waals surface area contributed by atoms with Crippen molar-refractivity contribution in [1.82, 2.24) is 24.1 Å². The number of thiazole rings is 1. The van der Waals surface area contributed by atoms with Crippen molar-refractivity contribution in [3.05, 3.63) is 102 Å². The van der Waals surface area contributed by atoms with E-state index in [0.29, 0.717) is 6.42 Å². The fourth-order valence-corrected chi connectivity index (χ4v) is 4.84. The molecule has 0 fully saturated rings. The van der Waals surface area contributed by atoms with Crippen molar-refractivity contribution in [2.45, 2.75) is 25.5 Å². The zero-order chi connectivity index (χ0) is 24.4. The van der Waals surface area contributed by atoms with Crippen LogP contribution in [0.3, 0.4) is 0 Å². The molecule has 0 aliphatic carbocycles. The second-order valence-electron chi connectivity index (χ2n) is 8.52. The average Bonchev–Trinajstić information content (AvgIpc) is 3.57. The molecule has 0 bridgehead atoms. The van der Waals surface area contributed by atoms with Gasteiger partial charge in [0.25, 0.3) is 0 Å². The van der Waals surface area contributed by atoms with Gasteiger partial charge in [-0.1, -0.05) is 49.4 Å². The van der Waals surface area contributed by atoms with Crippen LogP contribution in [0.5, 0.6) is 0 Å². The molecule has 1 N–H and O–H groups in total. The van der Waals surface area contributed by atoms with Crippen molar-refractivity contribution in [1.29, 1.82) is 0 Å². The third-order valence-corrected chi connectivity index (χ3v) is 6.95. The SMILES string of the molecule is C[C@@H](C/C=C/c1ccc(-c2cn3ccsc3n2)cc1)[C@](O)(Cn1cncn1)c1ccc(F)cc1F. The van der Waals surface area contributed by atoms with E-state index in [-0.39, 0.29) is 12.1 Å². The summed E-state index contributed by atoms with van der Waals surface area (Å²) in [5.41, 5.74) is 1.35. The molecule has 0 unspecified atom stereocenters. The molecular formula is C26H23F2N5OS. The first-order valence-electron chi connectivity index (χ1n) is 11.1. The molecule has 0 aliphatic heterocycles. The highest BCUT2D eigenvalue weighted by Crippen LogP contribution is 2.36. The second kappa shape index (κ2) is 9.52. The number of aliphatic hydroxyl groups is 1. The van der Waals surface area contributed by atoms with Crippen molar-refractivity contribution in [3.63, 3.8) is 0 Å². The van der Waals surface area contributed by atoms with Crippen LogP contribution in [0.25, 0.3) is 22.3 Å². The van der Waals surface area contributed by atoms with Crippen molar-refractivity contribution in [3.8, 4) is 11.3 Å². The number of nitrogens with zero attached hydrogens (tertiary/aromatic N) is 5. The fourth-order valence-electron chi connectivity index (χ4n) is 4.14. The molecule has 0 aliphatic rings. The maximum atomic E-state index is 14.7. The molecule has 9 heteroatoms. The number of hydrogen-bond acceptors (Lipinski definition) is 5. The number of imidazole rings is 1. The third-order valence-electron chi connectivity index (χ3n) is 6.18. The molecule has 0 saturated heterocycles. The Balaban J connectivity index is 1.32. The van der Waals surface area contributed by atoms with E-state index in [1.165, 1.54) is 23.4 Å². The first kappa shape index (κ1) is 23.1. The molecule has 5 aromatic rings. The van der Waals surface area contributed by atoms with Crippen LogP contribution in [-0.4, -0.2) is 29.3 Å². The van der Waals surface area contributed by atoms with E-state index in [0.717, 1.165) is 33.9 Å². The summed E-state index contributed by atoms with van der Waals surface area (Å²) in [6.45, 7) is 1.82. The largest absolute Gasteiger partial charge is 0.383 e. The Kier molecular flexibility index (Phi) is 6.27. The van der Waals surface area contributed by atoms with Gasteiger partial charge >= 0.3 is 0 Å². The summed E-state index contributed by atoms with van der Waals surface area (Å²) in [4.78, 5) is 9.48. The summed E-state index contributed by atoms with van der Waals surface area (Å²) in [5.74, 6) is -1.89. The first-order chi connectivity index (χ1) is 16.9. The average molecular weight is 492 g/mol. The smallest absolute Gasteiger partial charge is 0.194 e. The summed E-state index contributed by atoms with van der Waals surface area (Å²) in [6.07, 6.45) is 11.2. The van der Waals surface area contributed by atoms with Crippen molar-refractivity contribution < 1.29 is 13.9 Å². The molecule has 0 amide bonds. The molecule has 3 aromatic heterocycles. The minimum Gasteiger partial charge on any atom is -0.383 e. The summed E-state index contributed by atoms with van der Waals surface area (Å²) in [6, 6.07) is 11.3. The van der Waals surface area contributed by atoms with Crippen LogP contribution in [0.1, 0.15) is 24.5 Å². The Bertz CT molecular complexity index is 1430. The Labute approximate surface area is 204 Å². The third kappa shape index (κ3) is 4.78. The summed E-state index contributed by atoms with van der Waals surface area (Å²) in [7, 11) is 0. The molecule has 178 valence electrons. The standard InChI is InChI=1S/C26H23F2N5OS/c1-18(26(34,15-33-17-29-16-30-33)22-10-9-21(27)13-23(22)28)3-2-4-19-5-7-20(8-6-19)24-14-32-11-12-35-25(32)31-24/h2,4-14,16-18,34H,3,15H2,1H3/b4-2+/t18-,26+/m0/s1. The van der Waals surface area contributed by atoms with E-state index in [1.54, 1.807) is 11.3 Å². The van der Waals surface area contributed by atoms with Gasteiger partial charge in [0, 0.05) is 35.0 Å². The maximum Gasteiger partial charge on any atom is 0.194 e. The van der Waals surface area contributed by atoms with Gasteiger partial charge in [-0.2, -0.15) is 5.10 Å². The van der Waals surface area contributed by atoms with E-state index < -0.39 is 23.2 Å². The first-order valence-corrected chi connectivity index (χ1v) is 12.0. The Hall–Kier alpha value is -3.69. The number of rotatable bonds is 8. The van der Waals surface area contributed by atoms with E-state index in [2.05, 4.69) is 15.1 Å². The Morgan fingerprint density at radius 2 is 2.00 bits per heavy atom. The molecule has 35 heavy (non-hydrogen) atoms. The zero-order valence-electron chi connectivity index (χ0n) is 18.9. The van der Waals surface area contributed by atoms with Crippen molar-refractivity contribution in [2.75, 3.05) is 0 Å². The van der Waals surface area contributed by atoms with Crippen LogP contribution < -0.4 is 0 Å². The van der Waals surface area contributed by atoms with Crippen LogP contribution in [0.4, 0.5) is 8.78 Å². The minimum absolute atomic E-state index is 0.0125. The van der Waals surface area contributed by atoms with Gasteiger partial charge in [-0.25, -0.2) is 23.4 Å². The fraction of sp³-hybridized carbons (Fsp3) is 0.192. The highest BCUT2D eigenvalue weighted by molar-refractivity contribution is 7.15. The van der Waals surface area contributed by atoms with Crippen LogP contribution in [0.2, 0.25) is 0 Å². The van der Waals surface area contributed by atoms with Gasteiger partial charge in [0.2, 0.25) is 0 Å². The molecule has 3 heterocycles. The van der Waals surface area contributed by atoms with E-state index in [1.807, 2.05) is 65.5 Å².